The van der Waals surface area contributed by atoms with E-state index in [1.165, 1.54) is 10.9 Å². The van der Waals surface area contributed by atoms with Crippen molar-refractivity contribution in [3.8, 4) is 0 Å². The van der Waals surface area contributed by atoms with Gasteiger partial charge in [0.25, 0.3) is 0 Å². The minimum Gasteiger partial charge on any atom is -0.370 e. The first-order chi connectivity index (χ1) is 9.67. The molecule has 1 aliphatic rings. The number of hydrogen-bond acceptors (Lipinski definition) is 4. The molecule has 4 heteroatoms. The number of anilines is 1. The standard InChI is InChI=1S/C16H21N3O/c1-11-7-13-5-3-4-6-15(13)18-16(11)19-9-12(2)20-14(8-17)10-19/h3-7,12,14H,8-10,17H2,1-2H3. The zero-order valence-electron chi connectivity index (χ0n) is 12.0. The fourth-order valence-corrected chi connectivity index (χ4v) is 2.88. The van der Waals surface area contributed by atoms with Gasteiger partial charge in [0.1, 0.15) is 5.82 Å². The summed E-state index contributed by atoms with van der Waals surface area (Å²) in [7, 11) is 0. The predicted octanol–water partition coefficient (Wildman–Crippen LogP) is 2.10. The van der Waals surface area contributed by atoms with Crippen LogP contribution in [0.2, 0.25) is 0 Å². The van der Waals surface area contributed by atoms with Crippen molar-refractivity contribution in [3.63, 3.8) is 0 Å². The number of nitrogens with zero attached hydrogens (tertiary/aromatic N) is 2. The Morgan fingerprint density at radius 3 is 2.95 bits per heavy atom. The van der Waals surface area contributed by atoms with E-state index in [9.17, 15) is 0 Å². The number of hydrogen-bond donors (Lipinski definition) is 1. The maximum atomic E-state index is 5.82. The van der Waals surface area contributed by atoms with Crippen molar-refractivity contribution in [1.82, 2.24) is 4.98 Å². The number of fused-ring (bicyclic) bond motifs is 1. The number of ether oxygens (including phenoxy) is 1. The molecule has 1 fully saturated rings. The molecule has 1 saturated heterocycles. The lowest BCUT2D eigenvalue weighted by atomic mass is 10.1. The summed E-state index contributed by atoms with van der Waals surface area (Å²) in [5, 5.41) is 1.19. The zero-order valence-corrected chi connectivity index (χ0v) is 12.0. The van der Waals surface area contributed by atoms with Gasteiger partial charge >= 0.3 is 0 Å². The molecule has 2 unspecified atom stereocenters. The summed E-state index contributed by atoms with van der Waals surface area (Å²) >= 11 is 0. The Hall–Kier alpha value is -1.65. The molecule has 0 amide bonds. The van der Waals surface area contributed by atoms with E-state index in [0.29, 0.717) is 6.54 Å². The molecular weight excluding hydrogens is 250 g/mol. The van der Waals surface area contributed by atoms with E-state index < -0.39 is 0 Å². The Balaban J connectivity index is 1.98. The van der Waals surface area contributed by atoms with E-state index in [2.05, 4.69) is 36.9 Å². The third kappa shape index (κ3) is 2.49. The highest BCUT2D eigenvalue weighted by atomic mass is 16.5. The lowest BCUT2D eigenvalue weighted by molar-refractivity contribution is -0.0107. The number of rotatable bonds is 2. The minimum absolute atomic E-state index is 0.0893. The number of benzene rings is 1. The van der Waals surface area contributed by atoms with Crippen molar-refractivity contribution in [2.75, 3.05) is 24.5 Å². The van der Waals surface area contributed by atoms with Crippen LogP contribution >= 0.6 is 0 Å². The molecule has 0 aliphatic carbocycles. The molecule has 2 aromatic rings. The number of morpholine rings is 1. The summed E-state index contributed by atoms with van der Waals surface area (Å²) in [6, 6.07) is 10.4. The number of nitrogens with two attached hydrogens (primary N) is 1. The summed E-state index contributed by atoms with van der Waals surface area (Å²) < 4.78 is 5.82. The van der Waals surface area contributed by atoms with E-state index in [1.54, 1.807) is 0 Å². The molecule has 2 heterocycles. The molecular formula is C16H21N3O. The number of para-hydroxylation sites is 1. The number of aromatic nitrogens is 1. The summed E-state index contributed by atoms with van der Waals surface area (Å²) in [6.45, 7) is 6.43. The highest BCUT2D eigenvalue weighted by Crippen LogP contribution is 2.25. The Morgan fingerprint density at radius 1 is 1.35 bits per heavy atom. The van der Waals surface area contributed by atoms with Crippen molar-refractivity contribution < 1.29 is 4.74 Å². The largest absolute Gasteiger partial charge is 0.370 e. The Morgan fingerprint density at radius 2 is 2.15 bits per heavy atom. The lowest BCUT2D eigenvalue weighted by Crippen LogP contribution is -2.49. The van der Waals surface area contributed by atoms with Gasteiger partial charge in [0.15, 0.2) is 0 Å². The number of pyridine rings is 1. The Kier molecular flexibility index (Phi) is 3.59. The zero-order chi connectivity index (χ0) is 14.1. The molecule has 0 saturated carbocycles. The van der Waals surface area contributed by atoms with Gasteiger partial charge in [-0.25, -0.2) is 4.98 Å². The molecule has 1 aromatic carbocycles. The first kappa shape index (κ1) is 13.3. The third-order valence-electron chi connectivity index (χ3n) is 3.78. The van der Waals surface area contributed by atoms with Gasteiger partial charge in [-0.2, -0.15) is 0 Å². The second-order valence-corrected chi connectivity index (χ2v) is 5.53. The average Bonchev–Trinajstić information content (AvgIpc) is 2.45. The fraction of sp³-hybridized carbons (Fsp3) is 0.438. The van der Waals surface area contributed by atoms with Crippen molar-refractivity contribution in [1.29, 1.82) is 0 Å². The average molecular weight is 271 g/mol. The van der Waals surface area contributed by atoms with Crippen LogP contribution < -0.4 is 10.6 Å². The van der Waals surface area contributed by atoms with Crippen LogP contribution in [0, 0.1) is 6.92 Å². The van der Waals surface area contributed by atoms with Crippen LogP contribution in [0.25, 0.3) is 10.9 Å². The van der Waals surface area contributed by atoms with Crippen LogP contribution in [0.1, 0.15) is 12.5 Å². The predicted molar refractivity (Wildman–Crippen MR) is 82.1 cm³/mol. The molecule has 106 valence electrons. The quantitative estimate of drug-likeness (QED) is 0.908. The second kappa shape index (κ2) is 5.38. The van der Waals surface area contributed by atoms with Crippen LogP contribution in [-0.2, 0) is 4.74 Å². The summed E-state index contributed by atoms with van der Waals surface area (Å²) in [6.07, 6.45) is 0.274. The Labute approximate surface area is 119 Å². The maximum Gasteiger partial charge on any atom is 0.132 e. The second-order valence-electron chi connectivity index (χ2n) is 5.53. The van der Waals surface area contributed by atoms with Crippen LogP contribution in [0.5, 0.6) is 0 Å². The van der Waals surface area contributed by atoms with Gasteiger partial charge in [-0.1, -0.05) is 18.2 Å². The highest BCUT2D eigenvalue weighted by Gasteiger charge is 2.26. The molecule has 0 radical (unpaired) electrons. The van der Waals surface area contributed by atoms with Crippen molar-refractivity contribution in [2.24, 2.45) is 5.73 Å². The van der Waals surface area contributed by atoms with E-state index in [-0.39, 0.29) is 12.2 Å². The van der Waals surface area contributed by atoms with Gasteiger partial charge in [-0.05, 0) is 31.5 Å². The van der Waals surface area contributed by atoms with Crippen molar-refractivity contribution in [3.05, 3.63) is 35.9 Å². The van der Waals surface area contributed by atoms with E-state index in [0.717, 1.165) is 24.4 Å². The molecule has 2 N–H and O–H groups in total. The fourth-order valence-electron chi connectivity index (χ4n) is 2.88. The first-order valence-corrected chi connectivity index (χ1v) is 7.14. The van der Waals surface area contributed by atoms with Crippen molar-refractivity contribution in [2.45, 2.75) is 26.1 Å². The van der Waals surface area contributed by atoms with Crippen molar-refractivity contribution >= 4 is 16.7 Å². The SMILES string of the molecule is Cc1cc2ccccc2nc1N1CC(C)OC(CN)C1. The molecule has 1 aromatic heterocycles. The molecule has 1 aliphatic heterocycles. The monoisotopic (exact) mass is 271 g/mol. The van der Waals surface area contributed by atoms with E-state index >= 15 is 0 Å². The molecule has 2 atom stereocenters. The van der Waals surface area contributed by atoms with Crippen LogP contribution in [-0.4, -0.2) is 36.8 Å². The lowest BCUT2D eigenvalue weighted by Gasteiger charge is -2.37. The highest BCUT2D eigenvalue weighted by molar-refractivity contribution is 5.81. The summed E-state index contributed by atoms with van der Waals surface area (Å²) in [5.41, 5.74) is 8.00. The topological polar surface area (TPSA) is 51.4 Å². The normalized spacial score (nSPS) is 23.2. The number of aryl methyl sites for hydroxylation is 1. The maximum absolute atomic E-state index is 5.82. The van der Waals surface area contributed by atoms with Gasteiger partial charge in [-0.3, -0.25) is 0 Å². The van der Waals surface area contributed by atoms with Gasteiger partial charge < -0.3 is 15.4 Å². The first-order valence-electron chi connectivity index (χ1n) is 7.14. The van der Waals surface area contributed by atoms with Crippen LogP contribution in [0.15, 0.2) is 30.3 Å². The summed E-state index contributed by atoms with van der Waals surface area (Å²) in [4.78, 5) is 7.13. The smallest absolute Gasteiger partial charge is 0.132 e. The molecule has 20 heavy (non-hydrogen) atoms. The van der Waals surface area contributed by atoms with Gasteiger partial charge in [0.2, 0.25) is 0 Å². The minimum atomic E-state index is 0.0893. The van der Waals surface area contributed by atoms with Gasteiger partial charge in [0.05, 0.1) is 17.7 Å². The molecule has 3 rings (SSSR count). The van der Waals surface area contributed by atoms with E-state index in [1.807, 2.05) is 12.1 Å². The summed E-state index contributed by atoms with van der Waals surface area (Å²) in [5.74, 6) is 1.05. The molecule has 4 nitrogen and oxygen atoms in total. The Bertz CT molecular complexity index is 614. The third-order valence-corrected chi connectivity index (χ3v) is 3.78. The molecule has 0 spiro atoms. The van der Waals surface area contributed by atoms with Crippen LogP contribution in [0.4, 0.5) is 5.82 Å². The molecule has 0 bridgehead atoms. The van der Waals surface area contributed by atoms with Crippen LogP contribution in [0.3, 0.4) is 0 Å². The van der Waals surface area contributed by atoms with Gasteiger partial charge in [0, 0.05) is 25.0 Å². The van der Waals surface area contributed by atoms with E-state index in [4.69, 9.17) is 15.5 Å². The van der Waals surface area contributed by atoms with Gasteiger partial charge in [-0.15, -0.1) is 0 Å².